The fraction of sp³-hybridized carbons (Fsp3) is 0.400. The Labute approximate surface area is 109 Å². The van der Waals surface area contributed by atoms with E-state index >= 15 is 0 Å². The van der Waals surface area contributed by atoms with Crippen LogP contribution in [0.3, 0.4) is 0 Å². The van der Waals surface area contributed by atoms with E-state index in [1.807, 2.05) is 14.0 Å². The zero-order valence-corrected chi connectivity index (χ0v) is 11.2. The van der Waals surface area contributed by atoms with Crippen LogP contribution in [0.25, 0.3) is 0 Å². The topological polar surface area (TPSA) is 27.6 Å². The lowest BCUT2D eigenvalue weighted by atomic mass is 10.2. The van der Waals surface area contributed by atoms with Gasteiger partial charge in [0.05, 0.1) is 0 Å². The van der Waals surface area contributed by atoms with Crippen LogP contribution >= 0.6 is 0 Å². The molecule has 2 rings (SSSR count). The van der Waals surface area contributed by atoms with E-state index in [4.69, 9.17) is 0 Å². The van der Waals surface area contributed by atoms with Crippen LogP contribution in [0, 0.1) is 0 Å². The summed E-state index contributed by atoms with van der Waals surface area (Å²) in [4.78, 5) is 6.64. The zero-order valence-electron chi connectivity index (χ0n) is 11.2. The summed E-state index contributed by atoms with van der Waals surface area (Å²) in [6.07, 6.45) is 6.38. The van der Waals surface area contributed by atoms with Gasteiger partial charge in [-0.1, -0.05) is 30.4 Å². The van der Waals surface area contributed by atoms with Crippen molar-refractivity contribution in [1.82, 2.24) is 5.32 Å². The van der Waals surface area contributed by atoms with Crippen LogP contribution in [0.2, 0.25) is 0 Å². The molecule has 3 nitrogen and oxygen atoms in total. The monoisotopic (exact) mass is 243 g/mol. The normalized spacial score (nSPS) is 15.2. The molecular weight excluding hydrogens is 222 g/mol. The second kappa shape index (κ2) is 6.24. The Bertz CT molecular complexity index is 449. The fourth-order valence-electron chi connectivity index (χ4n) is 2.29. The molecule has 1 heterocycles. The van der Waals surface area contributed by atoms with Gasteiger partial charge in [0.1, 0.15) is 0 Å². The molecule has 0 spiro atoms. The number of guanidine groups is 1. The lowest BCUT2D eigenvalue weighted by Gasteiger charge is -2.22. The molecule has 96 valence electrons. The average molecular weight is 243 g/mol. The van der Waals surface area contributed by atoms with Crippen LogP contribution in [-0.4, -0.2) is 26.1 Å². The van der Waals surface area contributed by atoms with E-state index in [0.29, 0.717) is 0 Å². The van der Waals surface area contributed by atoms with Crippen LogP contribution in [0.15, 0.2) is 41.4 Å². The van der Waals surface area contributed by atoms with E-state index in [0.717, 1.165) is 31.9 Å². The van der Waals surface area contributed by atoms with Crippen molar-refractivity contribution in [1.29, 1.82) is 0 Å². The van der Waals surface area contributed by atoms with Gasteiger partial charge in [-0.2, -0.15) is 0 Å². The molecule has 0 fully saturated rings. The number of hydrogen-bond donors (Lipinski definition) is 1. The molecule has 0 atom stereocenters. The number of fused-ring (bicyclic) bond motifs is 1. The number of rotatable bonds is 3. The van der Waals surface area contributed by atoms with Crippen LogP contribution < -0.4 is 10.2 Å². The predicted octanol–water partition coefficient (Wildman–Crippen LogP) is 2.59. The molecule has 0 amide bonds. The number of nitrogens with zero attached hydrogens (tertiary/aromatic N) is 2. The van der Waals surface area contributed by atoms with E-state index in [-0.39, 0.29) is 0 Å². The van der Waals surface area contributed by atoms with Gasteiger partial charge in [0, 0.05) is 25.8 Å². The molecule has 1 aromatic carbocycles. The fourth-order valence-corrected chi connectivity index (χ4v) is 2.29. The summed E-state index contributed by atoms with van der Waals surface area (Å²) in [5.74, 6) is 0.976. The summed E-state index contributed by atoms with van der Waals surface area (Å²) in [7, 11) is 1.85. The maximum Gasteiger partial charge on any atom is 0.198 e. The van der Waals surface area contributed by atoms with Crippen molar-refractivity contribution in [2.45, 2.75) is 19.8 Å². The standard InChI is InChI=1S/C15H21N3/c1-3-4-7-11-17-15(16-2)18-12-10-13-8-5-6-9-14(13)18/h3-6,8-9H,7,10-12H2,1-2H3,(H,16,17)/b4-3+. The van der Waals surface area contributed by atoms with E-state index in [9.17, 15) is 0 Å². The van der Waals surface area contributed by atoms with Gasteiger partial charge in [-0.05, 0) is 31.4 Å². The summed E-state index contributed by atoms with van der Waals surface area (Å²) >= 11 is 0. The Kier molecular flexibility index (Phi) is 4.40. The number of nitrogens with one attached hydrogen (secondary N) is 1. The number of hydrogen-bond acceptors (Lipinski definition) is 1. The van der Waals surface area contributed by atoms with Crippen molar-refractivity contribution in [2.75, 3.05) is 25.0 Å². The Balaban J connectivity index is 2.02. The molecule has 1 aliphatic heterocycles. The summed E-state index contributed by atoms with van der Waals surface area (Å²) < 4.78 is 0. The third-order valence-corrected chi connectivity index (χ3v) is 3.18. The van der Waals surface area contributed by atoms with Gasteiger partial charge < -0.3 is 10.2 Å². The first-order valence-corrected chi connectivity index (χ1v) is 6.54. The molecule has 1 aromatic rings. The molecule has 0 saturated heterocycles. The minimum absolute atomic E-state index is 0.926. The molecule has 3 heteroatoms. The predicted molar refractivity (Wildman–Crippen MR) is 78.3 cm³/mol. The lowest BCUT2D eigenvalue weighted by Crippen LogP contribution is -2.40. The van der Waals surface area contributed by atoms with Crippen molar-refractivity contribution in [3.8, 4) is 0 Å². The van der Waals surface area contributed by atoms with Crippen LogP contribution in [0.1, 0.15) is 18.9 Å². The number of allylic oxidation sites excluding steroid dienone is 1. The number of aliphatic imine (C=N–C) groups is 1. The Morgan fingerprint density at radius 2 is 2.28 bits per heavy atom. The van der Waals surface area contributed by atoms with Crippen molar-refractivity contribution in [2.24, 2.45) is 4.99 Å². The minimum atomic E-state index is 0.926. The highest BCUT2D eigenvalue weighted by Gasteiger charge is 2.21. The second-order valence-electron chi connectivity index (χ2n) is 4.36. The smallest absolute Gasteiger partial charge is 0.198 e. The van der Waals surface area contributed by atoms with Crippen LogP contribution in [0.5, 0.6) is 0 Å². The molecular formula is C15H21N3. The van der Waals surface area contributed by atoms with E-state index < -0.39 is 0 Å². The molecule has 0 unspecified atom stereocenters. The third kappa shape index (κ3) is 2.73. The summed E-state index contributed by atoms with van der Waals surface area (Å²) in [6.45, 7) is 3.99. The summed E-state index contributed by atoms with van der Waals surface area (Å²) in [6, 6.07) is 8.55. The molecule has 18 heavy (non-hydrogen) atoms. The number of para-hydroxylation sites is 1. The van der Waals surface area contributed by atoms with Crippen LogP contribution in [-0.2, 0) is 6.42 Å². The average Bonchev–Trinajstić information content (AvgIpc) is 2.83. The van der Waals surface area contributed by atoms with Gasteiger partial charge in [-0.25, -0.2) is 0 Å². The minimum Gasteiger partial charge on any atom is -0.356 e. The first-order valence-electron chi connectivity index (χ1n) is 6.54. The van der Waals surface area contributed by atoms with Crippen molar-refractivity contribution in [3.63, 3.8) is 0 Å². The number of benzene rings is 1. The van der Waals surface area contributed by atoms with Gasteiger partial charge in [-0.15, -0.1) is 0 Å². The first kappa shape index (κ1) is 12.7. The largest absolute Gasteiger partial charge is 0.356 e. The van der Waals surface area contributed by atoms with Gasteiger partial charge in [-0.3, -0.25) is 4.99 Å². The highest BCUT2D eigenvalue weighted by Crippen LogP contribution is 2.27. The van der Waals surface area contributed by atoms with Gasteiger partial charge >= 0.3 is 0 Å². The molecule has 0 radical (unpaired) electrons. The molecule has 1 aliphatic rings. The van der Waals surface area contributed by atoms with Gasteiger partial charge in [0.15, 0.2) is 5.96 Å². The Hall–Kier alpha value is -1.77. The van der Waals surface area contributed by atoms with E-state index in [1.54, 1.807) is 0 Å². The second-order valence-corrected chi connectivity index (χ2v) is 4.36. The Morgan fingerprint density at radius 1 is 1.44 bits per heavy atom. The van der Waals surface area contributed by atoms with Gasteiger partial charge in [0.2, 0.25) is 0 Å². The summed E-state index contributed by atoms with van der Waals surface area (Å²) in [5.41, 5.74) is 2.70. The van der Waals surface area contributed by atoms with Crippen molar-refractivity contribution < 1.29 is 0 Å². The van der Waals surface area contributed by atoms with Gasteiger partial charge in [0.25, 0.3) is 0 Å². The highest BCUT2D eigenvalue weighted by atomic mass is 15.3. The molecule has 0 aromatic heterocycles. The molecule has 0 bridgehead atoms. The lowest BCUT2D eigenvalue weighted by molar-refractivity contribution is 0.853. The third-order valence-electron chi connectivity index (χ3n) is 3.18. The maximum absolute atomic E-state index is 4.37. The number of anilines is 1. The van der Waals surface area contributed by atoms with Crippen molar-refractivity contribution >= 4 is 11.6 Å². The molecule has 0 aliphatic carbocycles. The zero-order chi connectivity index (χ0) is 12.8. The quantitative estimate of drug-likeness (QED) is 0.382. The maximum atomic E-state index is 4.37. The SMILES string of the molecule is C/C=C/CCNC(=NC)N1CCc2ccccc21. The van der Waals surface area contributed by atoms with Crippen molar-refractivity contribution in [3.05, 3.63) is 42.0 Å². The van der Waals surface area contributed by atoms with E-state index in [2.05, 4.69) is 51.6 Å². The molecule has 0 saturated carbocycles. The molecule has 1 N–H and O–H groups in total. The Morgan fingerprint density at radius 3 is 3.06 bits per heavy atom. The van der Waals surface area contributed by atoms with E-state index in [1.165, 1.54) is 11.3 Å². The highest BCUT2D eigenvalue weighted by molar-refractivity contribution is 5.97. The first-order chi connectivity index (χ1) is 8.86. The summed E-state index contributed by atoms with van der Waals surface area (Å²) in [5, 5.41) is 3.41. The van der Waals surface area contributed by atoms with Crippen LogP contribution in [0.4, 0.5) is 5.69 Å².